The van der Waals surface area contributed by atoms with Gasteiger partial charge in [-0.15, -0.1) is 24.0 Å². The zero-order valence-electron chi connectivity index (χ0n) is 19.8. The Morgan fingerprint density at radius 2 is 1.62 bits per heavy atom. The van der Waals surface area contributed by atoms with E-state index in [9.17, 15) is 4.79 Å². The Labute approximate surface area is 210 Å². The third-order valence-electron chi connectivity index (χ3n) is 6.09. The predicted molar refractivity (Wildman–Crippen MR) is 144 cm³/mol. The monoisotopic (exact) mass is 548 g/mol. The van der Waals surface area contributed by atoms with Crippen LogP contribution in [0.1, 0.15) is 55.9 Å². The Morgan fingerprint density at radius 3 is 2.19 bits per heavy atom. The highest BCUT2D eigenvalue weighted by Gasteiger charge is 2.21. The van der Waals surface area contributed by atoms with Crippen molar-refractivity contribution in [3.05, 3.63) is 70.8 Å². The number of guanidine groups is 1. The zero-order valence-corrected chi connectivity index (χ0v) is 22.1. The molecular formula is C26H37IN4O. The van der Waals surface area contributed by atoms with Crippen LogP contribution in [0.2, 0.25) is 0 Å². The molecule has 32 heavy (non-hydrogen) atoms. The number of amides is 1. The van der Waals surface area contributed by atoms with E-state index in [4.69, 9.17) is 0 Å². The summed E-state index contributed by atoms with van der Waals surface area (Å²) < 4.78 is 0. The molecule has 1 fully saturated rings. The van der Waals surface area contributed by atoms with Crippen LogP contribution in [0.5, 0.6) is 0 Å². The van der Waals surface area contributed by atoms with Gasteiger partial charge in [-0.1, -0.05) is 69.3 Å². The molecule has 0 radical (unpaired) electrons. The molecule has 2 aromatic rings. The fourth-order valence-corrected chi connectivity index (χ4v) is 3.86. The Balaban J connectivity index is 0.00000363. The molecule has 1 saturated heterocycles. The van der Waals surface area contributed by atoms with Gasteiger partial charge in [0.25, 0.3) is 0 Å². The first-order chi connectivity index (χ1) is 14.9. The van der Waals surface area contributed by atoms with Crippen LogP contribution >= 0.6 is 24.0 Å². The second kappa shape index (κ2) is 12.2. The van der Waals surface area contributed by atoms with Crippen molar-refractivity contribution in [1.82, 2.24) is 15.5 Å². The van der Waals surface area contributed by atoms with E-state index in [2.05, 4.69) is 84.9 Å². The zero-order chi connectivity index (χ0) is 22.3. The van der Waals surface area contributed by atoms with Crippen LogP contribution in [0.4, 0.5) is 0 Å². The Morgan fingerprint density at radius 1 is 1.00 bits per heavy atom. The van der Waals surface area contributed by atoms with Gasteiger partial charge in [0.1, 0.15) is 0 Å². The van der Waals surface area contributed by atoms with Crippen molar-refractivity contribution >= 4 is 35.8 Å². The number of rotatable bonds is 8. The van der Waals surface area contributed by atoms with Gasteiger partial charge in [-0.05, 0) is 35.1 Å². The average Bonchev–Trinajstić information content (AvgIpc) is 3.19. The summed E-state index contributed by atoms with van der Waals surface area (Å²) in [7, 11) is 1.80. The summed E-state index contributed by atoms with van der Waals surface area (Å²) in [6.07, 6.45) is 2.73. The molecule has 5 nitrogen and oxygen atoms in total. The second-order valence-electron chi connectivity index (χ2n) is 8.95. The van der Waals surface area contributed by atoms with Crippen LogP contribution in [-0.2, 0) is 29.7 Å². The van der Waals surface area contributed by atoms with Gasteiger partial charge < -0.3 is 15.5 Å². The van der Waals surface area contributed by atoms with Crippen LogP contribution in [-0.4, -0.2) is 36.9 Å². The van der Waals surface area contributed by atoms with Gasteiger partial charge in [-0.3, -0.25) is 9.79 Å². The highest BCUT2D eigenvalue weighted by Crippen LogP contribution is 2.23. The number of nitrogens with zero attached hydrogens (tertiary/aromatic N) is 2. The van der Waals surface area contributed by atoms with Gasteiger partial charge in [0.2, 0.25) is 5.91 Å². The van der Waals surface area contributed by atoms with Crippen LogP contribution in [0.15, 0.2) is 53.5 Å². The average molecular weight is 549 g/mol. The second-order valence-corrected chi connectivity index (χ2v) is 8.95. The first-order valence-electron chi connectivity index (χ1n) is 11.3. The molecule has 3 rings (SSSR count). The number of nitrogens with one attached hydrogen (secondary N) is 2. The summed E-state index contributed by atoms with van der Waals surface area (Å²) in [6.45, 7) is 9.76. The first kappa shape index (κ1) is 26.2. The van der Waals surface area contributed by atoms with Crippen molar-refractivity contribution in [2.75, 3.05) is 20.1 Å². The number of benzene rings is 2. The lowest BCUT2D eigenvalue weighted by molar-refractivity contribution is -0.128. The van der Waals surface area contributed by atoms with E-state index < -0.39 is 0 Å². The molecule has 1 heterocycles. The number of hydrogen-bond donors (Lipinski definition) is 2. The molecule has 0 aliphatic carbocycles. The maximum Gasteiger partial charge on any atom is 0.222 e. The van der Waals surface area contributed by atoms with Crippen molar-refractivity contribution in [3.63, 3.8) is 0 Å². The van der Waals surface area contributed by atoms with E-state index in [1.54, 1.807) is 7.05 Å². The van der Waals surface area contributed by atoms with Crippen molar-refractivity contribution in [3.8, 4) is 0 Å². The summed E-state index contributed by atoms with van der Waals surface area (Å²) >= 11 is 0. The van der Waals surface area contributed by atoms with E-state index in [0.29, 0.717) is 19.5 Å². The molecule has 174 valence electrons. The van der Waals surface area contributed by atoms with Crippen molar-refractivity contribution in [2.24, 2.45) is 4.99 Å². The van der Waals surface area contributed by atoms with Gasteiger partial charge >= 0.3 is 0 Å². The molecule has 0 spiro atoms. The molecule has 0 aromatic heterocycles. The Kier molecular flexibility index (Phi) is 10.0. The molecule has 2 N–H and O–H groups in total. The van der Waals surface area contributed by atoms with E-state index in [-0.39, 0.29) is 35.3 Å². The van der Waals surface area contributed by atoms with Crippen LogP contribution < -0.4 is 10.6 Å². The fraction of sp³-hybridized carbons (Fsp3) is 0.462. The number of likely N-dealkylation sites (tertiary alicyclic amines) is 1. The van der Waals surface area contributed by atoms with Gasteiger partial charge in [0.15, 0.2) is 5.96 Å². The van der Waals surface area contributed by atoms with Gasteiger partial charge in [-0.25, -0.2) is 0 Å². The molecule has 0 bridgehead atoms. The molecular weight excluding hydrogens is 511 g/mol. The number of carbonyl (C=O) groups excluding carboxylic acids is 1. The van der Waals surface area contributed by atoms with Crippen LogP contribution in [0.25, 0.3) is 0 Å². The highest BCUT2D eigenvalue weighted by atomic mass is 127. The first-order valence-corrected chi connectivity index (χ1v) is 11.3. The van der Waals surface area contributed by atoms with Crippen molar-refractivity contribution in [1.29, 1.82) is 0 Å². The van der Waals surface area contributed by atoms with E-state index in [1.807, 2.05) is 4.90 Å². The minimum atomic E-state index is -0.00144. The largest absolute Gasteiger partial charge is 0.356 e. The summed E-state index contributed by atoms with van der Waals surface area (Å²) in [6, 6.07) is 17.4. The van der Waals surface area contributed by atoms with Crippen molar-refractivity contribution in [2.45, 2.75) is 58.5 Å². The summed E-state index contributed by atoms with van der Waals surface area (Å²) in [4.78, 5) is 18.1. The molecule has 6 heteroatoms. The minimum Gasteiger partial charge on any atom is -0.356 e. The maximum atomic E-state index is 11.8. The lowest BCUT2D eigenvalue weighted by Gasteiger charge is -2.27. The number of carbonyl (C=O) groups is 1. The quantitative estimate of drug-likeness (QED) is 0.287. The van der Waals surface area contributed by atoms with Crippen LogP contribution in [0.3, 0.4) is 0 Å². The molecule has 1 aliphatic heterocycles. The van der Waals surface area contributed by atoms with E-state index >= 15 is 0 Å². The minimum absolute atomic E-state index is 0. The smallest absolute Gasteiger partial charge is 0.222 e. The number of halogens is 1. The number of aryl methyl sites for hydroxylation is 1. The fourth-order valence-electron chi connectivity index (χ4n) is 3.86. The normalized spacial score (nSPS) is 14.3. The standard InChI is InChI=1S/C26H36N4O.HI/c1-5-20-12-14-23(15-13-20)26(2,3)19-29-25(27-4)28-17-21-8-10-22(11-9-21)18-30-16-6-7-24(30)31;/h8-15H,5-7,16-19H2,1-4H3,(H2,27,28,29);1H. The summed E-state index contributed by atoms with van der Waals surface area (Å²) in [5.74, 6) is 1.06. The lowest BCUT2D eigenvalue weighted by atomic mass is 9.84. The molecule has 1 amide bonds. The topological polar surface area (TPSA) is 56.7 Å². The Hall–Kier alpha value is -2.09. The van der Waals surface area contributed by atoms with E-state index in [1.165, 1.54) is 22.3 Å². The van der Waals surface area contributed by atoms with Gasteiger partial charge in [0, 0.05) is 45.1 Å². The third kappa shape index (κ3) is 7.22. The molecule has 2 aromatic carbocycles. The van der Waals surface area contributed by atoms with E-state index in [0.717, 1.165) is 31.9 Å². The molecule has 0 unspecified atom stereocenters. The highest BCUT2D eigenvalue weighted by molar-refractivity contribution is 14.0. The van der Waals surface area contributed by atoms with Gasteiger partial charge in [0.05, 0.1) is 0 Å². The number of hydrogen-bond acceptors (Lipinski definition) is 2. The van der Waals surface area contributed by atoms with Crippen molar-refractivity contribution < 1.29 is 4.79 Å². The lowest BCUT2D eigenvalue weighted by Crippen LogP contribution is -2.43. The predicted octanol–water partition coefficient (Wildman–Crippen LogP) is 4.63. The van der Waals surface area contributed by atoms with Crippen LogP contribution in [0, 0.1) is 0 Å². The van der Waals surface area contributed by atoms with Gasteiger partial charge in [-0.2, -0.15) is 0 Å². The Bertz CT molecular complexity index is 891. The number of aliphatic imine (C=N–C) groups is 1. The molecule has 0 atom stereocenters. The maximum absolute atomic E-state index is 11.8. The summed E-state index contributed by atoms with van der Waals surface area (Å²) in [5.41, 5.74) is 5.05. The summed E-state index contributed by atoms with van der Waals surface area (Å²) in [5, 5.41) is 6.87. The SMILES string of the molecule is CCc1ccc(C(C)(C)CNC(=NC)NCc2ccc(CN3CCCC3=O)cc2)cc1.I. The molecule has 1 aliphatic rings. The third-order valence-corrected chi connectivity index (χ3v) is 6.09. The molecule has 0 saturated carbocycles.